The van der Waals surface area contributed by atoms with Crippen LogP contribution in [0.4, 0.5) is 8.78 Å². The van der Waals surface area contributed by atoms with Gasteiger partial charge in [-0.05, 0) is 17.7 Å². The van der Waals surface area contributed by atoms with Crippen molar-refractivity contribution in [3.05, 3.63) is 47.3 Å². The van der Waals surface area contributed by atoms with E-state index in [-0.39, 0.29) is 18.5 Å². The molecule has 0 bridgehead atoms. The number of hydrogen-bond donors (Lipinski definition) is 2. The average molecular weight is 296 g/mol. The van der Waals surface area contributed by atoms with Gasteiger partial charge in [0.25, 0.3) is 0 Å². The van der Waals surface area contributed by atoms with Crippen molar-refractivity contribution in [1.29, 1.82) is 0 Å². The molecule has 8 heteroatoms. The number of aliphatic carboxylic acids is 1. The van der Waals surface area contributed by atoms with Crippen molar-refractivity contribution < 1.29 is 18.7 Å². The molecule has 1 unspecified atom stereocenters. The molecular weight excluding hydrogens is 282 g/mol. The van der Waals surface area contributed by atoms with Gasteiger partial charge >= 0.3 is 5.97 Å². The van der Waals surface area contributed by atoms with Crippen molar-refractivity contribution in [2.75, 3.05) is 6.54 Å². The Bertz CT molecular complexity index is 654. The zero-order valence-electron chi connectivity index (χ0n) is 11.3. The molecule has 0 aliphatic carbocycles. The van der Waals surface area contributed by atoms with Crippen LogP contribution in [-0.2, 0) is 23.7 Å². The number of carbonyl (C=O) groups is 1. The summed E-state index contributed by atoms with van der Waals surface area (Å²) in [5, 5.41) is 17.1. The molecule has 3 N–H and O–H groups in total. The summed E-state index contributed by atoms with van der Waals surface area (Å²) in [5.74, 6) is -2.99. The lowest BCUT2D eigenvalue weighted by Gasteiger charge is -2.27. The van der Waals surface area contributed by atoms with Gasteiger partial charge in [0.1, 0.15) is 17.0 Å². The molecule has 2 aromatic rings. The number of rotatable bonds is 5. The third kappa shape index (κ3) is 2.89. The fourth-order valence-corrected chi connectivity index (χ4v) is 2.19. The predicted octanol–water partition coefficient (Wildman–Crippen LogP) is 0.617. The number of nitrogens with zero attached hydrogens (tertiary/aromatic N) is 3. The minimum absolute atomic E-state index is 0.0411. The third-order valence-corrected chi connectivity index (χ3v) is 3.31. The summed E-state index contributed by atoms with van der Waals surface area (Å²) >= 11 is 0. The molecule has 0 aliphatic heterocycles. The van der Waals surface area contributed by atoms with E-state index in [0.717, 1.165) is 12.1 Å². The highest BCUT2D eigenvalue weighted by Crippen LogP contribution is 2.29. The van der Waals surface area contributed by atoms with Crippen LogP contribution < -0.4 is 5.73 Å². The Kier molecular flexibility index (Phi) is 3.99. The minimum atomic E-state index is -1.67. The molecule has 0 aliphatic rings. The highest BCUT2D eigenvalue weighted by atomic mass is 19.1. The second-order valence-electron chi connectivity index (χ2n) is 4.81. The fraction of sp³-hybridized carbons (Fsp3) is 0.308. The van der Waals surface area contributed by atoms with Crippen LogP contribution in [-0.4, -0.2) is 32.6 Å². The molecule has 0 saturated carbocycles. The van der Waals surface area contributed by atoms with Crippen LogP contribution >= 0.6 is 0 Å². The summed E-state index contributed by atoms with van der Waals surface area (Å²) in [6.07, 6.45) is 1.42. The first kappa shape index (κ1) is 15.0. The molecule has 0 radical (unpaired) electrons. The molecule has 0 spiro atoms. The fourth-order valence-electron chi connectivity index (χ4n) is 2.19. The summed E-state index contributed by atoms with van der Waals surface area (Å²) in [6.45, 7) is -0.332. The van der Waals surface area contributed by atoms with Gasteiger partial charge in [0.2, 0.25) is 0 Å². The molecule has 1 aromatic heterocycles. The van der Waals surface area contributed by atoms with E-state index in [2.05, 4.69) is 10.3 Å². The van der Waals surface area contributed by atoms with Gasteiger partial charge in [-0.1, -0.05) is 5.21 Å². The Hall–Kier alpha value is -2.35. The molecule has 1 atom stereocenters. The van der Waals surface area contributed by atoms with Gasteiger partial charge in [-0.15, -0.1) is 5.10 Å². The van der Waals surface area contributed by atoms with Crippen LogP contribution in [0.1, 0.15) is 11.3 Å². The number of carboxylic acid groups (broad SMARTS) is 1. The minimum Gasteiger partial charge on any atom is -0.481 e. The maximum Gasteiger partial charge on any atom is 0.315 e. The molecule has 6 nitrogen and oxygen atoms in total. The Balaban J connectivity index is 2.52. The lowest BCUT2D eigenvalue weighted by Crippen LogP contribution is -2.45. The summed E-state index contributed by atoms with van der Waals surface area (Å²) < 4.78 is 28.2. The van der Waals surface area contributed by atoms with E-state index in [1.165, 1.54) is 10.9 Å². The Morgan fingerprint density at radius 3 is 2.43 bits per heavy atom. The predicted molar refractivity (Wildman–Crippen MR) is 69.4 cm³/mol. The van der Waals surface area contributed by atoms with E-state index >= 15 is 0 Å². The SMILES string of the molecule is Cn1cc(CC(CN)(C(=O)O)c2cc(F)cc(F)c2)nn1. The molecule has 0 amide bonds. The number of benzene rings is 1. The number of halogens is 2. The van der Waals surface area contributed by atoms with Crippen LogP contribution in [0.5, 0.6) is 0 Å². The molecule has 2 rings (SSSR count). The van der Waals surface area contributed by atoms with Crippen molar-refractivity contribution in [3.63, 3.8) is 0 Å². The van der Waals surface area contributed by atoms with Gasteiger partial charge in [-0.25, -0.2) is 8.78 Å². The number of carboxylic acids is 1. The third-order valence-electron chi connectivity index (χ3n) is 3.31. The van der Waals surface area contributed by atoms with Crippen LogP contribution in [0, 0.1) is 11.6 Å². The first-order valence-corrected chi connectivity index (χ1v) is 6.12. The van der Waals surface area contributed by atoms with Gasteiger partial charge < -0.3 is 10.8 Å². The molecule has 1 heterocycles. The van der Waals surface area contributed by atoms with E-state index in [1.807, 2.05) is 0 Å². The van der Waals surface area contributed by atoms with Gasteiger partial charge in [-0.3, -0.25) is 9.48 Å². The lowest BCUT2D eigenvalue weighted by molar-refractivity contribution is -0.143. The highest BCUT2D eigenvalue weighted by Gasteiger charge is 2.41. The second-order valence-corrected chi connectivity index (χ2v) is 4.81. The summed E-state index contributed by atoms with van der Waals surface area (Å²) in [5.41, 5.74) is 4.28. The van der Waals surface area contributed by atoms with Crippen molar-refractivity contribution in [2.45, 2.75) is 11.8 Å². The Morgan fingerprint density at radius 2 is 2.00 bits per heavy atom. The molecule has 1 aromatic carbocycles. The average Bonchev–Trinajstić information content (AvgIpc) is 2.79. The summed E-state index contributed by atoms with van der Waals surface area (Å²) in [4.78, 5) is 11.7. The smallest absolute Gasteiger partial charge is 0.315 e. The topological polar surface area (TPSA) is 94.0 Å². The summed E-state index contributed by atoms with van der Waals surface area (Å²) in [7, 11) is 1.63. The van der Waals surface area contributed by atoms with Gasteiger partial charge in [0.05, 0.1) is 5.69 Å². The zero-order chi connectivity index (χ0) is 15.6. The Labute approximate surface area is 119 Å². The molecule has 112 valence electrons. The van der Waals surface area contributed by atoms with Crippen LogP contribution in [0.2, 0.25) is 0 Å². The zero-order valence-corrected chi connectivity index (χ0v) is 11.3. The van der Waals surface area contributed by atoms with E-state index in [9.17, 15) is 18.7 Å². The van der Waals surface area contributed by atoms with E-state index in [1.54, 1.807) is 7.05 Å². The number of hydrogen-bond acceptors (Lipinski definition) is 4. The maximum atomic E-state index is 13.4. The van der Waals surface area contributed by atoms with Gasteiger partial charge in [0, 0.05) is 32.3 Å². The van der Waals surface area contributed by atoms with Crippen molar-refractivity contribution in [3.8, 4) is 0 Å². The van der Waals surface area contributed by atoms with Crippen LogP contribution in [0.3, 0.4) is 0 Å². The standard InChI is InChI=1S/C13H14F2N4O2/c1-19-6-11(17-18-19)5-13(7-16,12(20)21)8-2-9(14)4-10(15)3-8/h2-4,6H,5,7,16H2,1H3,(H,20,21). The number of nitrogens with two attached hydrogens (primary N) is 1. The van der Waals surface area contributed by atoms with E-state index < -0.39 is 23.0 Å². The maximum absolute atomic E-state index is 13.4. The number of aromatic nitrogens is 3. The highest BCUT2D eigenvalue weighted by molar-refractivity contribution is 5.82. The van der Waals surface area contributed by atoms with Crippen molar-refractivity contribution in [2.24, 2.45) is 12.8 Å². The first-order valence-electron chi connectivity index (χ1n) is 6.12. The molecule has 0 fully saturated rings. The largest absolute Gasteiger partial charge is 0.481 e. The molecule has 21 heavy (non-hydrogen) atoms. The lowest BCUT2D eigenvalue weighted by atomic mass is 9.76. The monoisotopic (exact) mass is 296 g/mol. The quantitative estimate of drug-likeness (QED) is 0.843. The normalized spacial score (nSPS) is 13.9. The molecule has 0 saturated heterocycles. The number of aryl methyl sites for hydroxylation is 1. The second kappa shape index (κ2) is 5.57. The van der Waals surface area contributed by atoms with E-state index in [4.69, 9.17) is 5.73 Å². The van der Waals surface area contributed by atoms with E-state index in [0.29, 0.717) is 11.8 Å². The van der Waals surface area contributed by atoms with Gasteiger partial charge in [-0.2, -0.15) is 0 Å². The van der Waals surface area contributed by atoms with Gasteiger partial charge in [0.15, 0.2) is 0 Å². The first-order chi connectivity index (χ1) is 9.87. The van der Waals surface area contributed by atoms with Crippen LogP contribution in [0.15, 0.2) is 24.4 Å². The molecular formula is C13H14F2N4O2. The Morgan fingerprint density at radius 1 is 1.38 bits per heavy atom. The van der Waals surface area contributed by atoms with Crippen molar-refractivity contribution >= 4 is 5.97 Å². The van der Waals surface area contributed by atoms with Crippen molar-refractivity contribution in [1.82, 2.24) is 15.0 Å². The summed E-state index contributed by atoms with van der Waals surface area (Å²) in [6, 6.07) is 2.62. The van der Waals surface area contributed by atoms with Crippen LogP contribution in [0.25, 0.3) is 0 Å².